The molecule has 0 spiro atoms. The van der Waals surface area contributed by atoms with E-state index >= 15 is 0 Å². The summed E-state index contributed by atoms with van der Waals surface area (Å²) in [5, 5.41) is 11.7. The molecule has 7 nitrogen and oxygen atoms in total. The zero-order valence-corrected chi connectivity index (χ0v) is 12.9. The molecule has 2 aromatic rings. The summed E-state index contributed by atoms with van der Waals surface area (Å²) in [5.74, 6) is -0.0975. The quantitative estimate of drug-likeness (QED) is 0.895. The summed E-state index contributed by atoms with van der Waals surface area (Å²) in [5.41, 5.74) is 0.544. The number of anilines is 1. The van der Waals surface area contributed by atoms with Crippen molar-refractivity contribution in [2.75, 3.05) is 26.0 Å². The lowest BCUT2D eigenvalue weighted by Gasteiger charge is -2.18. The molecule has 0 bridgehead atoms. The van der Waals surface area contributed by atoms with E-state index in [0.29, 0.717) is 5.65 Å². The largest absolute Gasteiger partial charge is 0.371 e. The van der Waals surface area contributed by atoms with Crippen LogP contribution in [0, 0.1) is 17.2 Å². The summed E-state index contributed by atoms with van der Waals surface area (Å²) in [7, 11) is -0.663. The van der Waals surface area contributed by atoms with Crippen LogP contribution in [-0.4, -0.2) is 42.7 Å². The predicted molar refractivity (Wildman–Crippen MR) is 79.3 cm³/mol. The van der Waals surface area contributed by atoms with Crippen molar-refractivity contribution in [2.45, 2.75) is 11.9 Å². The Hall–Kier alpha value is -2.11. The zero-order valence-electron chi connectivity index (χ0n) is 12.1. The van der Waals surface area contributed by atoms with Crippen LogP contribution in [0.2, 0.25) is 0 Å². The molecule has 0 aliphatic carbocycles. The summed E-state index contributed by atoms with van der Waals surface area (Å²) in [6.45, 7) is 1.81. The number of rotatable bonds is 5. The Bertz CT molecular complexity index is 790. The van der Waals surface area contributed by atoms with Gasteiger partial charge in [-0.25, -0.2) is 13.4 Å². The third-order valence-corrected chi connectivity index (χ3v) is 4.98. The van der Waals surface area contributed by atoms with Crippen molar-refractivity contribution < 1.29 is 8.42 Å². The first-order valence-electron chi connectivity index (χ1n) is 6.42. The summed E-state index contributed by atoms with van der Waals surface area (Å²) < 4.78 is 28.2. The maximum Gasteiger partial charge on any atom is 0.262 e. The number of pyridine rings is 1. The monoisotopic (exact) mass is 307 g/mol. The van der Waals surface area contributed by atoms with E-state index in [1.807, 2.05) is 6.07 Å². The first kappa shape index (κ1) is 15.3. The van der Waals surface area contributed by atoms with Crippen molar-refractivity contribution in [3.8, 4) is 6.07 Å². The Morgan fingerprint density at radius 2 is 2.24 bits per heavy atom. The van der Waals surface area contributed by atoms with E-state index in [4.69, 9.17) is 5.26 Å². The second-order valence-electron chi connectivity index (χ2n) is 4.76. The molecule has 1 unspecified atom stereocenters. The summed E-state index contributed by atoms with van der Waals surface area (Å²) >= 11 is 0. The van der Waals surface area contributed by atoms with Gasteiger partial charge in [-0.1, -0.05) is 6.07 Å². The number of nitrogens with one attached hydrogen (secondary N) is 1. The smallest absolute Gasteiger partial charge is 0.262 e. The van der Waals surface area contributed by atoms with Crippen LogP contribution in [0.3, 0.4) is 0 Å². The van der Waals surface area contributed by atoms with E-state index in [1.165, 1.54) is 15.8 Å². The third kappa shape index (κ3) is 2.70. The summed E-state index contributed by atoms with van der Waals surface area (Å²) in [6.07, 6.45) is 1.65. The maximum absolute atomic E-state index is 12.8. The van der Waals surface area contributed by atoms with Crippen LogP contribution in [0.4, 0.5) is 5.82 Å². The molecule has 0 aliphatic heterocycles. The highest BCUT2D eigenvalue weighted by atomic mass is 32.2. The average molecular weight is 307 g/mol. The SMILES string of the molecule is CNc1nc2ccccn2c1S(=O)(=O)N(C)CC(C)C#N. The van der Waals surface area contributed by atoms with Gasteiger partial charge in [-0.05, 0) is 19.1 Å². The number of imidazole rings is 1. The Balaban J connectivity index is 2.57. The van der Waals surface area contributed by atoms with Gasteiger partial charge in [0.25, 0.3) is 10.0 Å². The van der Waals surface area contributed by atoms with E-state index in [0.717, 1.165) is 0 Å². The molecule has 0 radical (unpaired) electrons. The van der Waals surface area contributed by atoms with Crippen LogP contribution in [0.15, 0.2) is 29.4 Å². The second kappa shape index (κ2) is 5.71. The van der Waals surface area contributed by atoms with Crippen molar-refractivity contribution in [1.29, 1.82) is 5.26 Å². The molecule has 1 N–H and O–H groups in total. The number of hydrogen-bond acceptors (Lipinski definition) is 5. The highest BCUT2D eigenvalue weighted by Gasteiger charge is 2.29. The fourth-order valence-electron chi connectivity index (χ4n) is 2.05. The lowest BCUT2D eigenvalue weighted by molar-refractivity contribution is 0.436. The van der Waals surface area contributed by atoms with Crippen LogP contribution < -0.4 is 5.32 Å². The van der Waals surface area contributed by atoms with Gasteiger partial charge >= 0.3 is 0 Å². The molecule has 2 heterocycles. The van der Waals surface area contributed by atoms with Crippen molar-refractivity contribution in [2.24, 2.45) is 5.92 Å². The lowest BCUT2D eigenvalue weighted by atomic mass is 10.2. The minimum atomic E-state index is -3.75. The highest BCUT2D eigenvalue weighted by molar-refractivity contribution is 7.89. The van der Waals surface area contributed by atoms with Gasteiger partial charge in [-0.15, -0.1) is 0 Å². The second-order valence-corrected chi connectivity index (χ2v) is 6.72. The normalized spacial score (nSPS) is 13.3. The molecule has 112 valence electrons. The lowest BCUT2D eigenvalue weighted by Crippen LogP contribution is -2.32. The number of aromatic nitrogens is 2. The van der Waals surface area contributed by atoms with Crippen LogP contribution >= 0.6 is 0 Å². The minimum Gasteiger partial charge on any atom is -0.371 e. The summed E-state index contributed by atoms with van der Waals surface area (Å²) in [4.78, 5) is 4.26. The first-order valence-corrected chi connectivity index (χ1v) is 7.86. The van der Waals surface area contributed by atoms with Crippen molar-refractivity contribution in [3.05, 3.63) is 24.4 Å². The van der Waals surface area contributed by atoms with Gasteiger partial charge in [0.1, 0.15) is 5.65 Å². The Kier molecular flexibility index (Phi) is 4.16. The van der Waals surface area contributed by atoms with Crippen LogP contribution in [0.5, 0.6) is 0 Å². The van der Waals surface area contributed by atoms with Gasteiger partial charge < -0.3 is 5.32 Å². The molecule has 0 saturated heterocycles. The van der Waals surface area contributed by atoms with Crippen molar-refractivity contribution in [3.63, 3.8) is 0 Å². The molecule has 2 aromatic heterocycles. The molecular weight excluding hydrogens is 290 g/mol. The van der Waals surface area contributed by atoms with Gasteiger partial charge in [0.15, 0.2) is 10.8 Å². The highest BCUT2D eigenvalue weighted by Crippen LogP contribution is 2.25. The molecule has 0 amide bonds. The van der Waals surface area contributed by atoms with E-state index in [2.05, 4.69) is 10.3 Å². The number of sulfonamides is 1. The predicted octanol–water partition coefficient (Wildman–Crippen LogP) is 1.16. The van der Waals surface area contributed by atoms with E-state index in [9.17, 15) is 8.42 Å². The number of fused-ring (bicyclic) bond motifs is 1. The standard InChI is InChI=1S/C13H17N5O2S/c1-10(8-14)9-17(3)21(19,20)13-12(15-2)16-11-6-4-5-7-18(11)13/h4-7,10,15H,9H2,1-3H3. The summed E-state index contributed by atoms with van der Waals surface area (Å²) in [6, 6.07) is 7.30. The molecule has 2 rings (SSSR count). The van der Waals surface area contributed by atoms with Crippen LogP contribution in [0.25, 0.3) is 5.65 Å². The van der Waals surface area contributed by atoms with Gasteiger partial charge in [0.05, 0.1) is 12.0 Å². The van der Waals surface area contributed by atoms with Crippen LogP contribution in [-0.2, 0) is 10.0 Å². The van der Waals surface area contributed by atoms with Gasteiger partial charge in [-0.3, -0.25) is 4.40 Å². The molecule has 21 heavy (non-hydrogen) atoms. The average Bonchev–Trinajstić information content (AvgIpc) is 2.85. The van der Waals surface area contributed by atoms with Gasteiger partial charge in [0, 0.05) is 26.8 Å². The third-order valence-electron chi connectivity index (χ3n) is 3.13. The van der Waals surface area contributed by atoms with Crippen molar-refractivity contribution >= 4 is 21.5 Å². The molecular formula is C13H17N5O2S. The number of hydrogen-bond donors (Lipinski definition) is 1. The van der Waals surface area contributed by atoms with Gasteiger partial charge in [-0.2, -0.15) is 9.57 Å². The number of nitriles is 1. The fourth-order valence-corrected chi connectivity index (χ4v) is 3.56. The van der Waals surface area contributed by atoms with E-state index in [1.54, 1.807) is 38.4 Å². The molecule has 0 fully saturated rings. The molecule has 0 aromatic carbocycles. The fraction of sp³-hybridized carbons (Fsp3) is 0.385. The molecule has 0 saturated carbocycles. The number of nitrogens with zero attached hydrogens (tertiary/aromatic N) is 4. The van der Waals surface area contributed by atoms with E-state index < -0.39 is 10.0 Å². The van der Waals surface area contributed by atoms with Crippen molar-refractivity contribution in [1.82, 2.24) is 13.7 Å². The Morgan fingerprint density at radius 1 is 1.52 bits per heavy atom. The zero-order chi connectivity index (χ0) is 15.6. The molecule has 1 atom stereocenters. The van der Waals surface area contributed by atoms with Gasteiger partial charge in [0.2, 0.25) is 0 Å². The minimum absolute atomic E-state index is 0.0771. The first-order chi connectivity index (χ1) is 9.91. The Labute approximate surface area is 123 Å². The van der Waals surface area contributed by atoms with E-state index in [-0.39, 0.29) is 23.3 Å². The maximum atomic E-state index is 12.8. The van der Waals surface area contributed by atoms with Crippen LogP contribution in [0.1, 0.15) is 6.92 Å². The topological polar surface area (TPSA) is 90.5 Å². The Morgan fingerprint density at radius 3 is 2.86 bits per heavy atom. The molecule has 8 heteroatoms. The molecule has 0 aliphatic rings.